The van der Waals surface area contributed by atoms with Crippen LogP contribution in [0.1, 0.15) is 18.5 Å². The summed E-state index contributed by atoms with van der Waals surface area (Å²) in [5, 5.41) is 8.97. The predicted molar refractivity (Wildman–Crippen MR) is 107 cm³/mol. The molecule has 0 unspecified atom stereocenters. The van der Waals surface area contributed by atoms with Crippen LogP contribution < -0.4 is 10.2 Å². The Morgan fingerprint density at radius 2 is 1.89 bits per heavy atom. The molecule has 0 spiro atoms. The van der Waals surface area contributed by atoms with Crippen molar-refractivity contribution < 1.29 is 4.79 Å². The van der Waals surface area contributed by atoms with Crippen LogP contribution in [0.15, 0.2) is 54.6 Å². The first kappa shape index (κ1) is 15.8. The van der Waals surface area contributed by atoms with Crippen molar-refractivity contribution in [1.29, 1.82) is 0 Å². The van der Waals surface area contributed by atoms with E-state index in [9.17, 15) is 4.79 Å². The maximum absolute atomic E-state index is 11.9. The van der Waals surface area contributed by atoms with Crippen LogP contribution in [0.25, 0.3) is 16.6 Å². The molecule has 3 heterocycles. The Balaban J connectivity index is 1.53. The first-order valence-electron chi connectivity index (χ1n) is 9.12. The van der Waals surface area contributed by atoms with Crippen LogP contribution in [0.4, 0.5) is 17.2 Å². The van der Waals surface area contributed by atoms with Gasteiger partial charge in [0.2, 0.25) is 5.91 Å². The molecule has 6 heteroatoms. The number of fused-ring (bicyclic) bond motifs is 3. The number of nitrogens with zero attached hydrogens (tertiary/aromatic N) is 4. The maximum Gasteiger partial charge on any atom is 0.227 e. The van der Waals surface area contributed by atoms with Gasteiger partial charge in [0.1, 0.15) is 5.82 Å². The molecule has 0 radical (unpaired) electrons. The van der Waals surface area contributed by atoms with E-state index < -0.39 is 0 Å². The van der Waals surface area contributed by atoms with Crippen LogP contribution in [0.5, 0.6) is 0 Å². The Kier molecular flexibility index (Phi) is 3.57. The van der Waals surface area contributed by atoms with E-state index in [2.05, 4.69) is 10.4 Å². The highest BCUT2D eigenvalue weighted by atomic mass is 16.2. The number of rotatable bonds is 3. The van der Waals surface area contributed by atoms with Crippen molar-refractivity contribution in [1.82, 2.24) is 14.6 Å². The van der Waals surface area contributed by atoms with Crippen molar-refractivity contribution in [2.45, 2.75) is 19.8 Å². The summed E-state index contributed by atoms with van der Waals surface area (Å²) in [5.74, 6) is 0.993. The number of nitrogens with one attached hydrogen (secondary N) is 1. The third-order valence-corrected chi connectivity index (χ3v) is 4.94. The smallest absolute Gasteiger partial charge is 0.227 e. The summed E-state index contributed by atoms with van der Waals surface area (Å²) in [6, 6.07) is 18.0. The molecule has 1 N–H and O–H groups in total. The fraction of sp³-hybridized carbons (Fsp3) is 0.190. The molecule has 0 saturated carbocycles. The number of para-hydroxylation sites is 1. The van der Waals surface area contributed by atoms with Crippen LogP contribution in [-0.4, -0.2) is 27.0 Å². The molecule has 1 aliphatic rings. The van der Waals surface area contributed by atoms with Gasteiger partial charge >= 0.3 is 0 Å². The number of anilines is 3. The van der Waals surface area contributed by atoms with Gasteiger partial charge < -0.3 is 10.2 Å². The van der Waals surface area contributed by atoms with Gasteiger partial charge in [0, 0.05) is 35.8 Å². The number of benzene rings is 2. The largest absolute Gasteiger partial charge is 0.340 e. The van der Waals surface area contributed by atoms with E-state index in [-0.39, 0.29) is 5.91 Å². The van der Waals surface area contributed by atoms with Gasteiger partial charge in [-0.25, -0.2) is 9.50 Å². The summed E-state index contributed by atoms with van der Waals surface area (Å²) in [7, 11) is 0. The van der Waals surface area contributed by atoms with Crippen LogP contribution in [-0.2, 0) is 4.79 Å². The zero-order valence-electron chi connectivity index (χ0n) is 15.0. The zero-order chi connectivity index (χ0) is 18.4. The van der Waals surface area contributed by atoms with E-state index in [1.54, 1.807) is 0 Å². The van der Waals surface area contributed by atoms with Crippen LogP contribution >= 0.6 is 0 Å². The summed E-state index contributed by atoms with van der Waals surface area (Å²) in [6.45, 7) is 2.77. The van der Waals surface area contributed by atoms with E-state index in [1.807, 2.05) is 70.9 Å². The number of aromatic nitrogens is 3. The third kappa shape index (κ3) is 2.70. The molecule has 2 aromatic carbocycles. The van der Waals surface area contributed by atoms with Gasteiger partial charge in [-0.1, -0.05) is 12.1 Å². The molecule has 5 rings (SSSR count). The van der Waals surface area contributed by atoms with Gasteiger partial charge in [0.25, 0.3) is 0 Å². The average Bonchev–Trinajstić information content (AvgIpc) is 3.27. The SMILES string of the molecule is Cc1cc2nc(Nc3ccc(N4CCCC4=O)cc3)c3ccccc3n2n1. The Morgan fingerprint density at radius 1 is 1.07 bits per heavy atom. The third-order valence-electron chi connectivity index (χ3n) is 4.94. The van der Waals surface area contributed by atoms with Gasteiger partial charge in [-0.3, -0.25) is 4.79 Å². The molecule has 0 bridgehead atoms. The molecule has 1 aliphatic heterocycles. The van der Waals surface area contributed by atoms with Gasteiger partial charge in [-0.15, -0.1) is 0 Å². The number of aryl methyl sites for hydroxylation is 1. The van der Waals surface area contributed by atoms with Gasteiger partial charge in [-0.2, -0.15) is 5.10 Å². The minimum absolute atomic E-state index is 0.199. The lowest BCUT2D eigenvalue weighted by atomic mass is 10.2. The monoisotopic (exact) mass is 357 g/mol. The molecular formula is C21H19N5O. The second kappa shape index (κ2) is 6.09. The number of hydrogen-bond acceptors (Lipinski definition) is 4. The quantitative estimate of drug-likeness (QED) is 0.601. The highest BCUT2D eigenvalue weighted by Crippen LogP contribution is 2.28. The van der Waals surface area contributed by atoms with Crippen molar-refractivity contribution in [3.8, 4) is 0 Å². The minimum atomic E-state index is 0.199. The van der Waals surface area contributed by atoms with E-state index in [0.717, 1.165) is 52.4 Å². The molecule has 4 aromatic rings. The lowest BCUT2D eigenvalue weighted by Crippen LogP contribution is -2.23. The van der Waals surface area contributed by atoms with Crippen LogP contribution in [0, 0.1) is 6.92 Å². The summed E-state index contributed by atoms with van der Waals surface area (Å²) in [6.07, 6.45) is 1.57. The summed E-state index contributed by atoms with van der Waals surface area (Å²) < 4.78 is 1.87. The number of carbonyl (C=O) groups excluding carboxylic acids is 1. The van der Waals surface area contributed by atoms with Crippen molar-refractivity contribution in [2.75, 3.05) is 16.8 Å². The van der Waals surface area contributed by atoms with Gasteiger partial charge in [0.05, 0.1) is 11.2 Å². The molecule has 0 atom stereocenters. The molecule has 6 nitrogen and oxygen atoms in total. The van der Waals surface area contributed by atoms with Crippen molar-refractivity contribution in [3.05, 3.63) is 60.3 Å². The highest BCUT2D eigenvalue weighted by Gasteiger charge is 2.21. The Bertz CT molecular complexity index is 1160. The van der Waals surface area contributed by atoms with E-state index >= 15 is 0 Å². The van der Waals surface area contributed by atoms with Crippen molar-refractivity contribution in [2.24, 2.45) is 0 Å². The first-order chi connectivity index (χ1) is 13.2. The van der Waals surface area contributed by atoms with E-state index in [0.29, 0.717) is 6.42 Å². The Morgan fingerprint density at radius 3 is 2.67 bits per heavy atom. The molecule has 2 aromatic heterocycles. The van der Waals surface area contributed by atoms with Gasteiger partial charge in [-0.05, 0) is 49.7 Å². The number of hydrogen-bond donors (Lipinski definition) is 1. The highest BCUT2D eigenvalue weighted by molar-refractivity contribution is 5.96. The zero-order valence-corrected chi connectivity index (χ0v) is 15.0. The average molecular weight is 357 g/mol. The molecule has 0 aliphatic carbocycles. The van der Waals surface area contributed by atoms with E-state index in [1.165, 1.54) is 0 Å². The fourth-order valence-electron chi connectivity index (χ4n) is 3.65. The topological polar surface area (TPSA) is 62.5 Å². The molecule has 134 valence electrons. The summed E-state index contributed by atoms with van der Waals surface area (Å²) in [5.41, 5.74) is 4.64. The minimum Gasteiger partial charge on any atom is -0.340 e. The lowest BCUT2D eigenvalue weighted by molar-refractivity contribution is -0.117. The second-order valence-corrected chi connectivity index (χ2v) is 6.85. The predicted octanol–water partition coefficient (Wildman–Crippen LogP) is 4.06. The number of carbonyl (C=O) groups is 1. The van der Waals surface area contributed by atoms with Crippen LogP contribution in [0.2, 0.25) is 0 Å². The van der Waals surface area contributed by atoms with Crippen molar-refractivity contribution in [3.63, 3.8) is 0 Å². The Hall–Kier alpha value is -3.41. The summed E-state index contributed by atoms with van der Waals surface area (Å²) >= 11 is 0. The van der Waals surface area contributed by atoms with Gasteiger partial charge in [0.15, 0.2) is 5.65 Å². The second-order valence-electron chi connectivity index (χ2n) is 6.85. The molecule has 1 fully saturated rings. The molecule has 27 heavy (non-hydrogen) atoms. The summed E-state index contributed by atoms with van der Waals surface area (Å²) in [4.78, 5) is 18.5. The first-order valence-corrected chi connectivity index (χ1v) is 9.12. The Labute approximate surface area is 156 Å². The maximum atomic E-state index is 11.9. The molecule has 1 amide bonds. The standard InChI is InChI=1S/C21H19N5O/c1-14-13-19-23-21(17-5-2-3-6-18(17)26(19)24-14)22-15-8-10-16(11-9-15)25-12-4-7-20(25)27/h2-3,5-6,8-11,13H,4,7,12H2,1H3,(H,22,23). The molecule has 1 saturated heterocycles. The van der Waals surface area contributed by atoms with Crippen LogP contribution in [0.3, 0.4) is 0 Å². The van der Waals surface area contributed by atoms with Crippen molar-refractivity contribution >= 4 is 39.6 Å². The number of amides is 1. The van der Waals surface area contributed by atoms with E-state index in [4.69, 9.17) is 4.98 Å². The molecular weight excluding hydrogens is 338 g/mol. The fourth-order valence-corrected chi connectivity index (χ4v) is 3.65. The normalized spacial score (nSPS) is 14.4. The lowest BCUT2D eigenvalue weighted by Gasteiger charge is -2.16.